The highest BCUT2D eigenvalue weighted by Gasteiger charge is 2.40. The number of esters is 1. The highest BCUT2D eigenvalue weighted by atomic mass is 19.1. The first kappa shape index (κ1) is 18.0. The Labute approximate surface area is 158 Å². The lowest BCUT2D eigenvalue weighted by Crippen LogP contribution is -2.36. The van der Waals surface area contributed by atoms with Crippen molar-refractivity contribution in [3.05, 3.63) is 64.5 Å². The molecule has 2 aromatic rings. The van der Waals surface area contributed by atoms with E-state index < -0.39 is 11.8 Å². The molecule has 0 spiro atoms. The molecular formula is C22H24FNO3. The van der Waals surface area contributed by atoms with Crippen LogP contribution in [0.1, 0.15) is 59.0 Å². The van der Waals surface area contributed by atoms with Crippen LogP contribution in [0.5, 0.6) is 0 Å². The number of anilines is 1. The summed E-state index contributed by atoms with van der Waals surface area (Å²) in [6, 6.07) is 10.8. The molecule has 0 aromatic heterocycles. The zero-order valence-electron chi connectivity index (χ0n) is 15.6. The van der Waals surface area contributed by atoms with Gasteiger partial charge in [0.15, 0.2) is 0 Å². The fourth-order valence-electron chi connectivity index (χ4n) is 4.27. The van der Waals surface area contributed by atoms with Crippen molar-refractivity contribution in [2.24, 2.45) is 5.92 Å². The second-order valence-electron chi connectivity index (χ2n) is 7.22. The summed E-state index contributed by atoms with van der Waals surface area (Å²) in [5, 5.41) is 3.53. The van der Waals surface area contributed by atoms with Crippen molar-refractivity contribution in [3.8, 4) is 0 Å². The van der Waals surface area contributed by atoms with Crippen LogP contribution in [0.25, 0.3) is 0 Å². The number of ether oxygens (including phenoxy) is 2. The number of carbonyl (C=O) groups is 1. The van der Waals surface area contributed by atoms with Gasteiger partial charge in [0.2, 0.25) is 0 Å². The van der Waals surface area contributed by atoms with E-state index in [1.807, 2.05) is 0 Å². The molecule has 2 aliphatic rings. The lowest BCUT2D eigenvalue weighted by molar-refractivity contribution is -0.0384. The predicted octanol–water partition coefficient (Wildman–Crippen LogP) is 4.81. The second kappa shape index (κ2) is 7.31. The van der Waals surface area contributed by atoms with Crippen LogP contribution in [0.4, 0.5) is 10.1 Å². The number of nitrogens with one attached hydrogen (secondary N) is 1. The lowest BCUT2D eigenvalue weighted by Gasteiger charge is -2.43. The van der Waals surface area contributed by atoms with Crippen LogP contribution >= 0.6 is 0 Å². The van der Waals surface area contributed by atoms with E-state index >= 15 is 0 Å². The molecule has 27 heavy (non-hydrogen) atoms. The molecule has 1 fully saturated rings. The Morgan fingerprint density at radius 3 is 2.85 bits per heavy atom. The summed E-state index contributed by atoms with van der Waals surface area (Å²) in [4.78, 5) is 11.7. The van der Waals surface area contributed by atoms with Gasteiger partial charge in [0.25, 0.3) is 0 Å². The van der Waals surface area contributed by atoms with Crippen LogP contribution in [0.15, 0.2) is 36.4 Å². The van der Waals surface area contributed by atoms with Gasteiger partial charge >= 0.3 is 5.97 Å². The summed E-state index contributed by atoms with van der Waals surface area (Å²) in [5.74, 6) is -0.779. The van der Waals surface area contributed by atoms with Crippen molar-refractivity contribution >= 4 is 11.7 Å². The van der Waals surface area contributed by atoms with Gasteiger partial charge in [0, 0.05) is 29.3 Å². The van der Waals surface area contributed by atoms with Crippen molar-refractivity contribution in [3.63, 3.8) is 0 Å². The molecule has 0 aliphatic carbocycles. The van der Waals surface area contributed by atoms with Crippen LogP contribution in [-0.2, 0) is 15.9 Å². The first-order chi connectivity index (χ1) is 13.1. The third-order valence-corrected chi connectivity index (χ3v) is 5.69. The molecule has 2 aliphatic heterocycles. The van der Waals surface area contributed by atoms with Crippen molar-refractivity contribution in [2.45, 2.75) is 38.3 Å². The highest BCUT2D eigenvalue weighted by molar-refractivity contribution is 5.89. The van der Waals surface area contributed by atoms with Gasteiger partial charge in [-0.25, -0.2) is 9.18 Å². The molecule has 5 heteroatoms. The fraction of sp³-hybridized carbons (Fsp3) is 0.409. The molecule has 1 saturated heterocycles. The van der Waals surface area contributed by atoms with Crippen LogP contribution in [0.3, 0.4) is 0 Å². The second-order valence-corrected chi connectivity index (χ2v) is 7.22. The molecule has 3 atom stereocenters. The number of fused-ring (bicyclic) bond motifs is 3. The standard InChI is InChI=1S/C22H24FNO3/c1-3-13-6-9-19-17(11-13)21-16(5-4-10-27-21)20(24-19)15-8-7-14(12-18(15)23)22(25)26-2/h6-9,11-12,16,20-21,24H,3-5,10H2,1-2H3/t16-,20+,21-/m1/s1. The summed E-state index contributed by atoms with van der Waals surface area (Å²) in [6.45, 7) is 2.87. The first-order valence-electron chi connectivity index (χ1n) is 9.51. The maximum atomic E-state index is 14.9. The third kappa shape index (κ3) is 3.21. The molecule has 0 unspecified atom stereocenters. The van der Waals surface area contributed by atoms with Crippen molar-refractivity contribution in [1.82, 2.24) is 0 Å². The van der Waals surface area contributed by atoms with Gasteiger partial charge < -0.3 is 14.8 Å². The quantitative estimate of drug-likeness (QED) is 0.789. The van der Waals surface area contributed by atoms with E-state index in [1.54, 1.807) is 12.1 Å². The summed E-state index contributed by atoms with van der Waals surface area (Å²) >= 11 is 0. The lowest BCUT2D eigenvalue weighted by atomic mass is 9.77. The number of rotatable bonds is 3. The minimum atomic E-state index is -0.534. The fourth-order valence-corrected chi connectivity index (χ4v) is 4.27. The largest absolute Gasteiger partial charge is 0.465 e. The molecule has 4 rings (SSSR count). The predicted molar refractivity (Wildman–Crippen MR) is 101 cm³/mol. The van der Waals surface area contributed by atoms with E-state index in [0.29, 0.717) is 5.56 Å². The average molecular weight is 369 g/mol. The molecule has 4 nitrogen and oxygen atoms in total. The molecule has 142 valence electrons. The van der Waals surface area contributed by atoms with Gasteiger partial charge in [-0.2, -0.15) is 0 Å². The Bertz CT molecular complexity index is 867. The van der Waals surface area contributed by atoms with E-state index in [0.717, 1.165) is 31.6 Å². The normalized spacial score (nSPS) is 23.7. The number of aryl methyl sites for hydroxylation is 1. The van der Waals surface area contributed by atoms with Crippen LogP contribution in [0, 0.1) is 11.7 Å². The molecule has 2 aromatic carbocycles. The molecule has 2 heterocycles. The van der Waals surface area contributed by atoms with Crippen LogP contribution in [0.2, 0.25) is 0 Å². The van der Waals surface area contributed by atoms with Crippen molar-refractivity contribution in [2.75, 3.05) is 19.0 Å². The van der Waals surface area contributed by atoms with Gasteiger partial charge in [-0.3, -0.25) is 0 Å². The third-order valence-electron chi connectivity index (χ3n) is 5.69. The van der Waals surface area contributed by atoms with Crippen LogP contribution in [-0.4, -0.2) is 19.7 Å². The number of halogens is 1. The summed E-state index contributed by atoms with van der Waals surface area (Å²) < 4.78 is 25.7. The Kier molecular flexibility index (Phi) is 4.87. The SMILES string of the molecule is CCc1ccc2c(c1)[C@@H]1OCCC[C@@H]1[C@H](c1ccc(C(=O)OC)cc1F)N2. The Morgan fingerprint density at radius 1 is 1.26 bits per heavy atom. The van der Waals surface area contributed by atoms with E-state index in [1.165, 1.54) is 24.3 Å². The van der Waals surface area contributed by atoms with Gasteiger partial charge in [-0.15, -0.1) is 0 Å². The van der Waals surface area contributed by atoms with E-state index in [-0.39, 0.29) is 23.6 Å². The Hall–Kier alpha value is -2.40. The summed E-state index contributed by atoms with van der Waals surface area (Å²) in [7, 11) is 1.29. The maximum absolute atomic E-state index is 14.9. The molecule has 0 amide bonds. The van der Waals surface area contributed by atoms with E-state index in [9.17, 15) is 9.18 Å². The van der Waals surface area contributed by atoms with Gasteiger partial charge in [0.1, 0.15) is 5.82 Å². The number of hydrogen-bond acceptors (Lipinski definition) is 4. The van der Waals surface area contributed by atoms with Crippen molar-refractivity contribution in [1.29, 1.82) is 0 Å². The molecular weight excluding hydrogens is 345 g/mol. The smallest absolute Gasteiger partial charge is 0.337 e. The number of benzene rings is 2. The monoisotopic (exact) mass is 369 g/mol. The summed E-state index contributed by atoms with van der Waals surface area (Å²) in [5.41, 5.74) is 4.22. The van der Waals surface area contributed by atoms with Gasteiger partial charge in [-0.05, 0) is 43.0 Å². The molecule has 0 radical (unpaired) electrons. The highest BCUT2D eigenvalue weighted by Crippen LogP contribution is 2.49. The first-order valence-corrected chi connectivity index (χ1v) is 9.51. The minimum absolute atomic E-state index is 0.0359. The number of hydrogen-bond donors (Lipinski definition) is 1. The Morgan fingerprint density at radius 2 is 2.11 bits per heavy atom. The van der Waals surface area contributed by atoms with Gasteiger partial charge in [-0.1, -0.05) is 25.1 Å². The number of methoxy groups -OCH3 is 1. The number of carbonyl (C=O) groups excluding carboxylic acids is 1. The molecule has 0 bridgehead atoms. The van der Waals surface area contributed by atoms with E-state index in [2.05, 4.69) is 35.2 Å². The van der Waals surface area contributed by atoms with Crippen molar-refractivity contribution < 1.29 is 18.7 Å². The Balaban J connectivity index is 1.74. The van der Waals surface area contributed by atoms with E-state index in [4.69, 9.17) is 4.74 Å². The van der Waals surface area contributed by atoms with Gasteiger partial charge in [0.05, 0.1) is 24.8 Å². The molecule has 1 N–H and O–H groups in total. The minimum Gasteiger partial charge on any atom is -0.465 e. The average Bonchev–Trinajstić information content (AvgIpc) is 2.72. The zero-order chi connectivity index (χ0) is 19.0. The maximum Gasteiger partial charge on any atom is 0.337 e. The molecule has 0 saturated carbocycles. The summed E-state index contributed by atoms with van der Waals surface area (Å²) in [6.07, 6.45) is 2.86. The zero-order valence-corrected chi connectivity index (χ0v) is 15.6. The van der Waals surface area contributed by atoms with Crippen LogP contribution < -0.4 is 5.32 Å². The topological polar surface area (TPSA) is 47.6 Å².